The van der Waals surface area contributed by atoms with Gasteiger partial charge in [0.05, 0.1) is 30.9 Å². The summed E-state index contributed by atoms with van der Waals surface area (Å²) in [5, 5.41) is 9.90. The molecule has 1 aromatic heterocycles. The van der Waals surface area contributed by atoms with Gasteiger partial charge < -0.3 is 23.9 Å². The maximum absolute atomic E-state index is 9.69. The Kier molecular flexibility index (Phi) is 5.19. The molecule has 0 spiro atoms. The van der Waals surface area contributed by atoms with E-state index >= 15 is 0 Å². The Balaban J connectivity index is 1.49. The van der Waals surface area contributed by atoms with Crippen molar-refractivity contribution in [3.8, 4) is 17.5 Å². The summed E-state index contributed by atoms with van der Waals surface area (Å²) in [5.41, 5.74) is 1.76. The van der Waals surface area contributed by atoms with Gasteiger partial charge in [0.25, 0.3) is 0 Å². The van der Waals surface area contributed by atoms with E-state index in [1.807, 2.05) is 0 Å². The monoisotopic (exact) mass is 386 g/mol. The summed E-state index contributed by atoms with van der Waals surface area (Å²) in [6, 6.07) is 6.66. The summed E-state index contributed by atoms with van der Waals surface area (Å²) < 4.78 is 22.1. The molecule has 2 aliphatic rings. The van der Waals surface area contributed by atoms with Crippen LogP contribution in [0.5, 0.6) is 17.5 Å². The molecule has 7 nitrogen and oxygen atoms in total. The molecule has 1 N–H and O–H groups in total. The topological polar surface area (TPSA) is 74.4 Å². The molecule has 9 heteroatoms. The summed E-state index contributed by atoms with van der Waals surface area (Å²) in [4.78, 5) is 7.65. The van der Waals surface area contributed by atoms with Crippen molar-refractivity contribution in [2.45, 2.75) is 25.6 Å². The Hall–Kier alpha value is -2.31. The first kappa shape index (κ1) is 18.1. The van der Waals surface area contributed by atoms with Crippen LogP contribution >= 0.6 is 11.6 Å². The molecular weight excluding hydrogens is 370 g/mol. The molecule has 0 amide bonds. The van der Waals surface area contributed by atoms with Crippen molar-refractivity contribution in [2.24, 2.45) is 0 Å². The van der Waals surface area contributed by atoms with Gasteiger partial charge >= 0.3 is 7.12 Å². The SMILES string of the molecule is [C-]#[N+]c1cc(Cl)c(Oc2ccc3c(c2)COB3O)nc1OCCOC1CC1. The van der Waals surface area contributed by atoms with Crippen molar-refractivity contribution in [3.05, 3.63) is 46.3 Å². The minimum Gasteiger partial charge on any atom is -0.484 e. The van der Waals surface area contributed by atoms with Crippen molar-refractivity contribution >= 4 is 29.9 Å². The van der Waals surface area contributed by atoms with Crippen LogP contribution in [0.1, 0.15) is 18.4 Å². The lowest BCUT2D eigenvalue weighted by atomic mass is 9.80. The maximum atomic E-state index is 9.69. The molecule has 4 rings (SSSR count). The van der Waals surface area contributed by atoms with Crippen molar-refractivity contribution in [1.82, 2.24) is 4.98 Å². The van der Waals surface area contributed by atoms with Gasteiger partial charge in [-0.1, -0.05) is 17.7 Å². The third kappa shape index (κ3) is 4.17. The quantitative estimate of drug-likeness (QED) is 0.448. The second kappa shape index (κ2) is 7.75. The van der Waals surface area contributed by atoms with Crippen LogP contribution in [-0.4, -0.2) is 36.4 Å². The zero-order valence-corrected chi connectivity index (χ0v) is 15.1. The molecule has 2 aromatic rings. The first-order valence-electron chi connectivity index (χ1n) is 8.57. The molecule has 1 saturated carbocycles. The van der Waals surface area contributed by atoms with Gasteiger partial charge in [-0.05, 0) is 42.1 Å². The van der Waals surface area contributed by atoms with Crippen LogP contribution in [0.25, 0.3) is 4.85 Å². The summed E-state index contributed by atoms with van der Waals surface area (Å²) >= 11 is 6.21. The van der Waals surface area contributed by atoms with E-state index in [4.69, 9.17) is 37.0 Å². The number of aromatic nitrogens is 1. The van der Waals surface area contributed by atoms with Crippen molar-refractivity contribution in [3.63, 3.8) is 0 Å². The number of fused-ring (bicyclic) bond motifs is 1. The minimum atomic E-state index is -0.911. The standard InChI is InChI=1S/C18H16BClN2O5/c1-21-16-9-15(20)17(22-18(16)25-7-6-24-12-2-3-12)27-13-4-5-14-11(8-13)10-26-19(14)23/h4-5,8-9,12,23H,2-3,6-7,10H2. The smallest absolute Gasteiger partial charge is 0.484 e. The lowest BCUT2D eigenvalue weighted by Crippen LogP contribution is -2.27. The number of pyridine rings is 1. The molecule has 0 atom stereocenters. The van der Waals surface area contributed by atoms with E-state index in [0.717, 1.165) is 18.4 Å². The summed E-state index contributed by atoms with van der Waals surface area (Å²) in [7, 11) is -0.911. The zero-order chi connectivity index (χ0) is 18.8. The third-order valence-electron chi connectivity index (χ3n) is 4.20. The fourth-order valence-corrected chi connectivity index (χ4v) is 2.86. The first-order valence-corrected chi connectivity index (χ1v) is 8.94. The molecular formula is C18H16BClN2O5. The number of hydrogen-bond acceptors (Lipinski definition) is 6. The molecule has 0 radical (unpaired) electrons. The lowest BCUT2D eigenvalue weighted by Gasteiger charge is -2.12. The fraction of sp³-hybridized carbons (Fsp3) is 0.333. The first-order chi connectivity index (χ1) is 13.1. The van der Waals surface area contributed by atoms with Crippen LogP contribution in [0.15, 0.2) is 24.3 Å². The van der Waals surface area contributed by atoms with Gasteiger partial charge in [-0.15, -0.1) is 0 Å². The molecule has 1 fully saturated rings. The van der Waals surface area contributed by atoms with Gasteiger partial charge in [0, 0.05) is 0 Å². The van der Waals surface area contributed by atoms with Crippen LogP contribution in [0.2, 0.25) is 5.02 Å². The van der Waals surface area contributed by atoms with Crippen molar-refractivity contribution in [1.29, 1.82) is 0 Å². The molecule has 1 aliphatic heterocycles. The van der Waals surface area contributed by atoms with Gasteiger partial charge in [-0.25, -0.2) is 4.85 Å². The Bertz CT molecular complexity index is 900. The fourth-order valence-electron chi connectivity index (χ4n) is 2.67. The van der Waals surface area contributed by atoms with Gasteiger partial charge in [0.1, 0.15) is 12.4 Å². The maximum Gasteiger partial charge on any atom is 0.491 e. The van der Waals surface area contributed by atoms with Crippen LogP contribution in [-0.2, 0) is 16.0 Å². The normalized spacial score (nSPS) is 15.4. The summed E-state index contributed by atoms with van der Waals surface area (Å²) in [6.07, 6.45) is 2.52. The van der Waals surface area contributed by atoms with E-state index in [1.165, 1.54) is 6.07 Å². The van der Waals surface area contributed by atoms with Crippen molar-refractivity contribution < 1.29 is 23.9 Å². The summed E-state index contributed by atoms with van der Waals surface area (Å²) in [6.45, 7) is 8.31. The van der Waals surface area contributed by atoms with E-state index in [2.05, 4.69) is 9.83 Å². The van der Waals surface area contributed by atoms with Gasteiger partial charge in [0.15, 0.2) is 0 Å². The molecule has 0 bridgehead atoms. The number of nitrogens with zero attached hydrogens (tertiary/aromatic N) is 2. The number of rotatable bonds is 7. The predicted molar refractivity (Wildman–Crippen MR) is 98.9 cm³/mol. The largest absolute Gasteiger partial charge is 0.491 e. The second-order valence-corrected chi connectivity index (χ2v) is 6.66. The predicted octanol–water partition coefficient (Wildman–Crippen LogP) is 2.85. The minimum absolute atomic E-state index is 0.140. The highest BCUT2D eigenvalue weighted by atomic mass is 35.5. The number of ether oxygens (including phenoxy) is 3. The molecule has 0 unspecified atom stereocenters. The second-order valence-electron chi connectivity index (χ2n) is 6.26. The number of halogens is 1. The number of hydrogen-bond donors (Lipinski definition) is 1. The highest BCUT2D eigenvalue weighted by Crippen LogP contribution is 2.36. The van der Waals surface area contributed by atoms with Gasteiger partial charge in [-0.2, -0.15) is 4.98 Å². The van der Waals surface area contributed by atoms with E-state index in [-0.39, 0.29) is 22.5 Å². The Labute approximate surface area is 161 Å². The van der Waals surface area contributed by atoms with E-state index in [9.17, 15) is 5.02 Å². The molecule has 138 valence electrons. The van der Waals surface area contributed by atoms with Crippen LogP contribution < -0.4 is 14.9 Å². The number of benzene rings is 1. The molecule has 0 saturated heterocycles. The van der Waals surface area contributed by atoms with Gasteiger partial charge in [-0.3, -0.25) is 0 Å². The Morgan fingerprint density at radius 2 is 2.15 bits per heavy atom. The molecule has 1 aromatic carbocycles. The highest BCUT2D eigenvalue weighted by molar-refractivity contribution is 6.61. The third-order valence-corrected chi connectivity index (χ3v) is 4.47. The molecule has 1 aliphatic carbocycles. The molecule has 27 heavy (non-hydrogen) atoms. The highest BCUT2D eigenvalue weighted by Gasteiger charge is 2.27. The van der Waals surface area contributed by atoms with Crippen LogP contribution in [0, 0.1) is 6.57 Å². The Morgan fingerprint density at radius 3 is 2.93 bits per heavy atom. The molecule has 2 heterocycles. The summed E-state index contributed by atoms with van der Waals surface area (Å²) in [5.74, 6) is 0.796. The van der Waals surface area contributed by atoms with E-state index in [0.29, 0.717) is 37.1 Å². The van der Waals surface area contributed by atoms with Crippen LogP contribution in [0.3, 0.4) is 0 Å². The van der Waals surface area contributed by atoms with E-state index < -0.39 is 7.12 Å². The van der Waals surface area contributed by atoms with Crippen molar-refractivity contribution in [2.75, 3.05) is 13.2 Å². The van der Waals surface area contributed by atoms with Gasteiger partial charge in [0.2, 0.25) is 17.4 Å². The lowest BCUT2D eigenvalue weighted by molar-refractivity contribution is 0.0868. The van der Waals surface area contributed by atoms with Crippen LogP contribution in [0.4, 0.5) is 5.69 Å². The average molecular weight is 387 g/mol. The Morgan fingerprint density at radius 1 is 1.30 bits per heavy atom. The zero-order valence-electron chi connectivity index (χ0n) is 14.4. The van der Waals surface area contributed by atoms with E-state index in [1.54, 1.807) is 18.2 Å². The average Bonchev–Trinajstić information content (AvgIpc) is 3.43.